The molecule has 1 aromatic heterocycles. The fraction of sp³-hybridized carbons (Fsp3) is 0.375. The highest BCUT2D eigenvalue weighted by Crippen LogP contribution is 2.24. The number of alkyl halides is 2. The zero-order chi connectivity index (χ0) is 17.1. The molecule has 7 heteroatoms. The lowest BCUT2D eigenvalue weighted by Crippen LogP contribution is -2.24. The summed E-state index contributed by atoms with van der Waals surface area (Å²) in [5, 5.41) is 6.36. The summed E-state index contributed by atoms with van der Waals surface area (Å²) in [7, 11) is 1.27. The molecule has 0 radical (unpaired) electrons. The second kappa shape index (κ2) is 7.12. The van der Waals surface area contributed by atoms with Crippen molar-refractivity contribution in [2.75, 3.05) is 0 Å². The van der Waals surface area contributed by atoms with Gasteiger partial charge in [0.1, 0.15) is 10.7 Å². The predicted molar refractivity (Wildman–Crippen MR) is 87.2 cm³/mol. The molecule has 0 saturated heterocycles. The predicted octanol–water partition coefficient (Wildman–Crippen LogP) is 4.09. The van der Waals surface area contributed by atoms with Gasteiger partial charge in [-0.05, 0) is 17.0 Å². The van der Waals surface area contributed by atoms with E-state index in [9.17, 15) is 13.2 Å². The highest BCUT2D eigenvalue weighted by Gasteiger charge is 2.26. The zero-order valence-electron chi connectivity index (χ0n) is 13.1. The van der Waals surface area contributed by atoms with Gasteiger partial charge >= 0.3 is 0 Å². The lowest BCUT2D eigenvalue weighted by molar-refractivity contribution is 0.145. The van der Waals surface area contributed by atoms with Gasteiger partial charge in [-0.1, -0.05) is 50.3 Å². The van der Waals surface area contributed by atoms with Crippen LogP contribution in [-0.2, 0) is 13.6 Å². The smallest absolute Gasteiger partial charge is 0.282 e. The molecule has 0 bridgehead atoms. The fourth-order valence-electron chi connectivity index (χ4n) is 2.41. The summed E-state index contributed by atoms with van der Waals surface area (Å²) in [6.07, 6.45) is -2.89. The highest BCUT2D eigenvalue weighted by atomic mass is 32.1. The molecule has 0 atom stereocenters. The van der Waals surface area contributed by atoms with Crippen molar-refractivity contribution in [2.24, 2.45) is 7.05 Å². The molecular formula is C16H18F3N3S. The van der Waals surface area contributed by atoms with Gasteiger partial charge in [0.15, 0.2) is 0 Å². The maximum atomic E-state index is 14.0. The van der Waals surface area contributed by atoms with Crippen LogP contribution in [0.4, 0.5) is 13.2 Å². The van der Waals surface area contributed by atoms with Gasteiger partial charge in [0.2, 0.25) is 5.95 Å². The first-order chi connectivity index (χ1) is 10.8. The number of hydrogen-bond donors (Lipinski definition) is 1. The molecule has 0 fully saturated rings. The van der Waals surface area contributed by atoms with Crippen LogP contribution in [-0.4, -0.2) is 14.8 Å². The SMILES string of the molecule is CC(C)c1ccccc1CNC(=S)c1c(C(F)F)nn(C)c1F. The van der Waals surface area contributed by atoms with E-state index in [0.717, 1.165) is 15.8 Å². The van der Waals surface area contributed by atoms with Crippen LogP contribution in [0.2, 0.25) is 0 Å². The number of nitrogens with zero attached hydrogens (tertiary/aromatic N) is 2. The van der Waals surface area contributed by atoms with E-state index >= 15 is 0 Å². The Morgan fingerprint density at radius 2 is 1.96 bits per heavy atom. The molecule has 1 heterocycles. The molecule has 3 nitrogen and oxygen atoms in total. The van der Waals surface area contributed by atoms with Crippen molar-refractivity contribution in [2.45, 2.75) is 32.7 Å². The topological polar surface area (TPSA) is 29.9 Å². The maximum Gasteiger partial charge on any atom is 0.282 e. The number of aryl methyl sites for hydroxylation is 1. The quantitative estimate of drug-likeness (QED) is 0.831. The summed E-state index contributed by atoms with van der Waals surface area (Å²) in [5.41, 5.74) is 1.15. The van der Waals surface area contributed by atoms with Crippen molar-refractivity contribution < 1.29 is 13.2 Å². The summed E-state index contributed by atoms with van der Waals surface area (Å²) in [4.78, 5) is -0.0653. The molecule has 124 valence electrons. The minimum Gasteiger partial charge on any atom is -0.372 e. The maximum absolute atomic E-state index is 14.0. The first kappa shape index (κ1) is 17.5. The molecule has 1 N–H and O–H groups in total. The molecule has 2 aromatic rings. The second-order valence-corrected chi connectivity index (χ2v) is 5.92. The monoisotopic (exact) mass is 341 g/mol. The average molecular weight is 341 g/mol. The number of halogens is 3. The van der Waals surface area contributed by atoms with Crippen LogP contribution in [0.25, 0.3) is 0 Å². The molecule has 0 unspecified atom stereocenters. The van der Waals surface area contributed by atoms with Gasteiger partial charge < -0.3 is 5.32 Å². The van der Waals surface area contributed by atoms with Crippen LogP contribution in [0.1, 0.15) is 48.6 Å². The molecule has 1 aromatic carbocycles. The third-order valence-electron chi connectivity index (χ3n) is 3.55. The molecule has 23 heavy (non-hydrogen) atoms. The van der Waals surface area contributed by atoms with Crippen LogP contribution in [0.3, 0.4) is 0 Å². The highest BCUT2D eigenvalue weighted by molar-refractivity contribution is 7.80. The first-order valence-electron chi connectivity index (χ1n) is 7.19. The van der Waals surface area contributed by atoms with E-state index in [1.807, 2.05) is 24.3 Å². The Morgan fingerprint density at radius 3 is 2.57 bits per heavy atom. The van der Waals surface area contributed by atoms with E-state index in [2.05, 4.69) is 24.3 Å². The summed E-state index contributed by atoms with van der Waals surface area (Å²) in [6, 6.07) is 7.76. The molecule has 0 saturated carbocycles. The Kier molecular flexibility index (Phi) is 5.41. The normalized spacial score (nSPS) is 11.3. The summed E-state index contributed by atoms with van der Waals surface area (Å²) < 4.78 is 40.7. The number of hydrogen-bond acceptors (Lipinski definition) is 2. The van der Waals surface area contributed by atoms with Crippen molar-refractivity contribution in [3.05, 3.63) is 52.6 Å². The van der Waals surface area contributed by atoms with Crippen LogP contribution < -0.4 is 5.32 Å². The van der Waals surface area contributed by atoms with Crippen molar-refractivity contribution in [1.82, 2.24) is 15.1 Å². The van der Waals surface area contributed by atoms with Gasteiger partial charge in [0.05, 0.1) is 5.56 Å². The molecule has 0 aliphatic heterocycles. The van der Waals surface area contributed by atoms with Crippen molar-refractivity contribution in [1.29, 1.82) is 0 Å². The molecule has 0 spiro atoms. The zero-order valence-corrected chi connectivity index (χ0v) is 13.9. The summed E-state index contributed by atoms with van der Waals surface area (Å²) in [5.74, 6) is -0.553. The summed E-state index contributed by atoms with van der Waals surface area (Å²) in [6.45, 7) is 4.46. The van der Waals surface area contributed by atoms with Gasteiger partial charge in [-0.3, -0.25) is 0 Å². The number of nitrogens with one attached hydrogen (secondary N) is 1. The van der Waals surface area contributed by atoms with Crippen LogP contribution in [0.15, 0.2) is 24.3 Å². The van der Waals surface area contributed by atoms with E-state index in [0.29, 0.717) is 12.5 Å². The Morgan fingerprint density at radius 1 is 1.30 bits per heavy atom. The largest absolute Gasteiger partial charge is 0.372 e. The second-order valence-electron chi connectivity index (χ2n) is 5.51. The van der Waals surface area contributed by atoms with E-state index in [1.54, 1.807) is 0 Å². The van der Waals surface area contributed by atoms with Crippen LogP contribution in [0, 0.1) is 5.95 Å². The third kappa shape index (κ3) is 3.72. The van der Waals surface area contributed by atoms with Gasteiger partial charge in [0.25, 0.3) is 6.43 Å². The van der Waals surface area contributed by atoms with E-state index in [4.69, 9.17) is 12.2 Å². The third-order valence-corrected chi connectivity index (χ3v) is 3.90. The van der Waals surface area contributed by atoms with E-state index in [1.165, 1.54) is 7.05 Å². The lowest BCUT2D eigenvalue weighted by Gasteiger charge is -2.14. The molecule has 2 rings (SSSR count). The standard InChI is InChI=1S/C16H18F3N3S/c1-9(2)11-7-5-4-6-10(11)8-20-16(23)12-13(14(17)18)21-22(3)15(12)19/h4-7,9,14H,8H2,1-3H3,(H,20,23). The number of benzene rings is 1. The Bertz CT molecular complexity index is 711. The van der Waals surface area contributed by atoms with Gasteiger partial charge in [-0.15, -0.1) is 0 Å². The van der Waals surface area contributed by atoms with Crippen LogP contribution >= 0.6 is 12.2 Å². The molecule has 0 aliphatic carbocycles. The lowest BCUT2D eigenvalue weighted by atomic mass is 9.97. The Hall–Kier alpha value is -1.89. The van der Waals surface area contributed by atoms with Crippen molar-refractivity contribution in [3.8, 4) is 0 Å². The van der Waals surface area contributed by atoms with Crippen molar-refractivity contribution >= 4 is 17.2 Å². The average Bonchev–Trinajstić information content (AvgIpc) is 2.81. The first-order valence-corrected chi connectivity index (χ1v) is 7.60. The molecular weight excluding hydrogens is 323 g/mol. The van der Waals surface area contributed by atoms with Gasteiger partial charge in [-0.25, -0.2) is 13.5 Å². The number of aromatic nitrogens is 2. The van der Waals surface area contributed by atoms with Crippen LogP contribution in [0.5, 0.6) is 0 Å². The molecule has 0 amide bonds. The number of thiocarbonyl (C=S) groups is 1. The Balaban J connectivity index is 2.21. The Labute approximate surface area is 138 Å². The van der Waals surface area contributed by atoms with E-state index in [-0.39, 0.29) is 10.6 Å². The minimum atomic E-state index is -2.89. The molecule has 0 aliphatic rings. The van der Waals surface area contributed by atoms with Gasteiger partial charge in [-0.2, -0.15) is 9.49 Å². The van der Waals surface area contributed by atoms with E-state index < -0.39 is 18.1 Å². The van der Waals surface area contributed by atoms with Crippen molar-refractivity contribution in [3.63, 3.8) is 0 Å². The fourth-order valence-corrected chi connectivity index (χ4v) is 2.67. The van der Waals surface area contributed by atoms with Gasteiger partial charge in [0, 0.05) is 13.6 Å². The minimum absolute atomic E-state index is 0.0653. The number of rotatable bonds is 5. The summed E-state index contributed by atoms with van der Waals surface area (Å²) >= 11 is 5.10.